The molecule has 4 heteroatoms. The summed E-state index contributed by atoms with van der Waals surface area (Å²) in [5.41, 5.74) is 1.04. The van der Waals surface area contributed by atoms with Crippen molar-refractivity contribution >= 4 is 11.9 Å². The molecule has 0 amide bonds. The van der Waals surface area contributed by atoms with Gasteiger partial charge in [-0.2, -0.15) is 0 Å². The Morgan fingerprint density at radius 3 is 2.76 bits per heavy atom. The molecule has 0 aromatic carbocycles. The molecule has 1 aliphatic rings. The van der Waals surface area contributed by atoms with Crippen molar-refractivity contribution in [3.8, 4) is 0 Å². The molecular formula is C13H18O4. The molecule has 0 spiro atoms. The topological polar surface area (TPSA) is 52.6 Å². The van der Waals surface area contributed by atoms with Crippen molar-refractivity contribution in [2.45, 2.75) is 39.7 Å². The Labute approximate surface area is 101 Å². The highest BCUT2D eigenvalue weighted by Gasteiger charge is 2.24. The summed E-state index contributed by atoms with van der Waals surface area (Å²) >= 11 is 0. The Kier molecular flexibility index (Phi) is 4.94. The van der Waals surface area contributed by atoms with Gasteiger partial charge in [0, 0.05) is 12.3 Å². The Bertz CT molecular complexity index is 354. The molecule has 1 heterocycles. The maximum Gasteiger partial charge on any atom is 0.314 e. The van der Waals surface area contributed by atoms with E-state index >= 15 is 0 Å². The van der Waals surface area contributed by atoms with Crippen molar-refractivity contribution in [3.63, 3.8) is 0 Å². The minimum absolute atomic E-state index is 0.0373. The molecule has 0 aliphatic carbocycles. The van der Waals surface area contributed by atoms with Crippen LogP contribution in [0.1, 0.15) is 33.6 Å². The Balaban J connectivity index is 2.61. The monoisotopic (exact) mass is 238 g/mol. The van der Waals surface area contributed by atoms with E-state index in [1.54, 1.807) is 13.2 Å². The van der Waals surface area contributed by atoms with Crippen LogP contribution in [0.3, 0.4) is 0 Å². The fourth-order valence-corrected chi connectivity index (χ4v) is 1.80. The zero-order valence-corrected chi connectivity index (χ0v) is 10.4. The van der Waals surface area contributed by atoms with Gasteiger partial charge in [-0.15, -0.1) is 0 Å². The average molecular weight is 238 g/mol. The van der Waals surface area contributed by atoms with Gasteiger partial charge >= 0.3 is 11.9 Å². The summed E-state index contributed by atoms with van der Waals surface area (Å²) in [4.78, 5) is 22.5. The molecule has 17 heavy (non-hydrogen) atoms. The highest BCUT2D eigenvalue weighted by atomic mass is 16.6. The van der Waals surface area contributed by atoms with E-state index in [2.05, 4.69) is 4.74 Å². The largest absolute Gasteiger partial charge is 0.494 e. The van der Waals surface area contributed by atoms with Gasteiger partial charge in [-0.25, -0.2) is 0 Å². The summed E-state index contributed by atoms with van der Waals surface area (Å²) in [7, 11) is 0. The molecule has 0 saturated carbocycles. The number of carbonyl (C=O) groups is 2. The van der Waals surface area contributed by atoms with E-state index < -0.39 is 11.9 Å². The molecule has 4 nitrogen and oxygen atoms in total. The molecule has 0 bridgehead atoms. The van der Waals surface area contributed by atoms with E-state index in [0.29, 0.717) is 0 Å². The van der Waals surface area contributed by atoms with Crippen LogP contribution in [-0.4, -0.2) is 18.0 Å². The summed E-state index contributed by atoms with van der Waals surface area (Å²) in [5, 5.41) is 0. The molecule has 0 radical (unpaired) electrons. The molecule has 0 aromatic rings. The van der Waals surface area contributed by atoms with Gasteiger partial charge in [-0.1, -0.05) is 13.0 Å². The molecule has 0 saturated heterocycles. The lowest BCUT2D eigenvalue weighted by atomic mass is 9.90. The van der Waals surface area contributed by atoms with Gasteiger partial charge in [0.05, 0.1) is 12.7 Å². The predicted octanol–water partition coefficient (Wildman–Crippen LogP) is 2.35. The minimum atomic E-state index is -0.486. The second kappa shape index (κ2) is 6.23. The van der Waals surface area contributed by atoms with Crippen LogP contribution in [0.4, 0.5) is 0 Å². The third kappa shape index (κ3) is 3.73. The van der Waals surface area contributed by atoms with Crippen molar-refractivity contribution in [1.29, 1.82) is 0 Å². The maximum absolute atomic E-state index is 11.5. The third-order valence-electron chi connectivity index (χ3n) is 2.73. The van der Waals surface area contributed by atoms with Crippen LogP contribution < -0.4 is 0 Å². The van der Waals surface area contributed by atoms with Gasteiger partial charge in [0.15, 0.2) is 0 Å². The van der Waals surface area contributed by atoms with Gasteiger partial charge in [0.2, 0.25) is 0 Å². The van der Waals surface area contributed by atoms with Crippen LogP contribution >= 0.6 is 0 Å². The van der Waals surface area contributed by atoms with E-state index in [-0.39, 0.29) is 24.9 Å². The Morgan fingerprint density at radius 1 is 1.47 bits per heavy atom. The lowest BCUT2D eigenvalue weighted by molar-refractivity contribution is -0.159. The van der Waals surface area contributed by atoms with E-state index in [1.165, 1.54) is 0 Å². The van der Waals surface area contributed by atoms with E-state index in [9.17, 15) is 9.59 Å². The predicted molar refractivity (Wildman–Crippen MR) is 62.9 cm³/mol. The van der Waals surface area contributed by atoms with E-state index in [0.717, 1.165) is 5.57 Å². The van der Waals surface area contributed by atoms with Crippen LogP contribution in [0.25, 0.3) is 0 Å². The number of rotatable bonds is 3. The van der Waals surface area contributed by atoms with Crippen molar-refractivity contribution in [2.75, 3.05) is 0 Å². The number of ether oxygens (including phenoxy) is 2. The van der Waals surface area contributed by atoms with Crippen LogP contribution in [-0.2, 0) is 19.1 Å². The lowest BCUT2D eigenvalue weighted by Gasteiger charge is -2.25. The molecule has 0 fully saturated rings. The van der Waals surface area contributed by atoms with Gasteiger partial charge in [-0.3, -0.25) is 9.59 Å². The van der Waals surface area contributed by atoms with E-state index in [4.69, 9.17) is 4.74 Å². The summed E-state index contributed by atoms with van der Waals surface area (Å²) in [6.45, 7) is 5.49. The second-order valence-corrected chi connectivity index (χ2v) is 3.91. The zero-order valence-electron chi connectivity index (χ0n) is 10.4. The fraction of sp³-hybridized carbons (Fsp3) is 0.538. The molecule has 94 valence electrons. The Hall–Kier alpha value is -1.58. The van der Waals surface area contributed by atoms with Gasteiger partial charge in [-0.05, 0) is 25.5 Å². The van der Waals surface area contributed by atoms with Gasteiger partial charge in [0.25, 0.3) is 0 Å². The van der Waals surface area contributed by atoms with Crippen LogP contribution in [0.2, 0.25) is 0 Å². The molecular weight excluding hydrogens is 220 g/mol. The highest BCUT2D eigenvalue weighted by Crippen LogP contribution is 2.26. The van der Waals surface area contributed by atoms with Crippen LogP contribution in [0.15, 0.2) is 24.0 Å². The third-order valence-corrected chi connectivity index (χ3v) is 2.73. The van der Waals surface area contributed by atoms with E-state index in [1.807, 2.05) is 26.0 Å². The van der Waals surface area contributed by atoms with Gasteiger partial charge < -0.3 is 9.47 Å². The second-order valence-electron chi connectivity index (χ2n) is 3.91. The lowest BCUT2D eigenvalue weighted by Crippen LogP contribution is -2.23. The number of carbonyl (C=O) groups excluding carboxylic acids is 2. The first kappa shape index (κ1) is 13.5. The van der Waals surface area contributed by atoms with Crippen molar-refractivity contribution < 1.29 is 19.1 Å². The molecule has 0 aromatic heterocycles. The van der Waals surface area contributed by atoms with Gasteiger partial charge in [0.1, 0.15) is 6.10 Å². The summed E-state index contributed by atoms with van der Waals surface area (Å²) in [5.74, 6) is -1.01. The van der Waals surface area contributed by atoms with Crippen LogP contribution in [0.5, 0.6) is 0 Å². The molecule has 1 unspecified atom stereocenters. The van der Waals surface area contributed by atoms with Crippen LogP contribution in [0, 0.1) is 5.92 Å². The highest BCUT2D eigenvalue weighted by molar-refractivity contribution is 5.85. The summed E-state index contributed by atoms with van der Waals surface area (Å²) < 4.78 is 9.98. The summed E-state index contributed by atoms with van der Waals surface area (Å²) in [6, 6.07) is 0. The Morgan fingerprint density at radius 2 is 2.18 bits per heavy atom. The van der Waals surface area contributed by atoms with Crippen molar-refractivity contribution in [3.05, 3.63) is 24.0 Å². The zero-order chi connectivity index (χ0) is 12.8. The molecule has 2 atom stereocenters. The first-order chi connectivity index (χ1) is 8.08. The fourth-order valence-electron chi connectivity index (χ4n) is 1.80. The quantitative estimate of drug-likeness (QED) is 0.430. The molecule has 1 aliphatic heterocycles. The number of allylic oxidation sites excluding steroid dienone is 2. The number of hydrogen-bond donors (Lipinski definition) is 0. The first-order valence-corrected chi connectivity index (χ1v) is 5.80. The maximum atomic E-state index is 11.5. The number of hydrogen-bond acceptors (Lipinski definition) is 4. The molecule has 0 N–H and O–H groups in total. The van der Waals surface area contributed by atoms with Crippen molar-refractivity contribution in [1.82, 2.24) is 0 Å². The van der Waals surface area contributed by atoms with Crippen molar-refractivity contribution in [2.24, 2.45) is 5.92 Å². The first-order valence-electron chi connectivity index (χ1n) is 5.80. The normalized spacial score (nSPS) is 25.5. The standard InChI is InChI=1S/C13H18O4/c1-4-11-9(3)16-7-6-10(11)8-13(15)17-12(14)5-2/h4,6-7,9-10H,5,8H2,1-3H3/b11-4-/t9?,10-/m0/s1. The smallest absolute Gasteiger partial charge is 0.314 e. The minimum Gasteiger partial charge on any atom is -0.494 e. The summed E-state index contributed by atoms with van der Waals surface area (Å²) in [6.07, 6.45) is 5.69. The SMILES string of the molecule is C/C=C1/C(C)OC=C[C@H]1CC(=O)OC(=O)CC. The average Bonchev–Trinajstić information content (AvgIpc) is 2.29. The number of esters is 2. The molecule has 1 rings (SSSR count).